The van der Waals surface area contributed by atoms with E-state index in [0.717, 1.165) is 4.57 Å². The lowest BCUT2D eigenvalue weighted by molar-refractivity contribution is -0.121. The molecule has 1 heterocycles. The number of amides is 2. The fourth-order valence-corrected chi connectivity index (χ4v) is 2.95. The molecule has 0 saturated heterocycles. The van der Waals surface area contributed by atoms with E-state index in [2.05, 4.69) is 10.3 Å². The number of carbonyl (C=O) groups excluding carboxylic acids is 2. The Balaban J connectivity index is 2.60. The summed E-state index contributed by atoms with van der Waals surface area (Å²) in [5.41, 5.74) is -1.01. The zero-order chi connectivity index (χ0) is 24.6. The van der Waals surface area contributed by atoms with Gasteiger partial charge in [-0.1, -0.05) is 6.92 Å². The molecule has 1 N–H and O–H groups in total. The first kappa shape index (κ1) is 27.1. The highest BCUT2D eigenvalue weighted by Crippen LogP contribution is 2.14. The molecule has 1 atom stereocenters. The number of carbonyl (C=O) groups is 2. The lowest BCUT2D eigenvalue weighted by Gasteiger charge is -2.24. The summed E-state index contributed by atoms with van der Waals surface area (Å²) in [6, 6.07) is 0. The molecule has 180 valence electrons. The summed E-state index contributed by atoms with van der Waals surface area (Å²) < 4.78 is 7.65. The maximum absolute atomic E-state index is 12.3. The van der Waals surface area contributed by atoms with Crippen molar-refractivity contribution in [1.29, 1.82) is 0 Å². The Morgan fingerprint density at radius 2 is 1.84 bits per heavy atom. The molecule has 0 aliphatic heterocycles. The number of hydrogen-bond acceptors (Lipinski definition) is 6. The minimum absolute atomic E-state index is 0.127. The van der Waals surface area contributed by atoms with Gasteiger partial charge in [-0.15, -0.1) is 0 Å². The van der Waals surface area contributed by atoms with Crippen molar-refractivity contribution in [2.24, 2.45) is 25.0 Å². The van der Waals surface area contributed by atoms with Gasteiger partial charge >= 0.3 is 11.8 Å². The molecule has 1 aromatic rings. The second-order valence-corrected chi connectivity index (χ2v) is 8.91. The van der Waals surface area contributed by atoms with Gasteiger partial charge in [-0.3, -0.25) is 18.7 Å². The number of ether oxygens (including phenoxy) is 1. The van der Waals surface area contributed by atoms with Gasteiger partial charge in [0.1, 0.15) is 11.4 Å². The second-order valence-electron chi connectivity index (χ2n) is 8.91. The van der Waals surface area contributed by atoms with E-state index < -0.39 is 17.4 Å². The number of nitrogens with one attached hydrogen (secondary N) is 1. The summed E-state index contributed by atoms with van der Waals surface area (Å²) in [4.78, 5) is 54.3. The topological polar surface area (TPSA) is 115 Å². The van der Waals surface area contributed by atoms with Crippen LogP contribution in [0.25, 0.3) is 0 Å². The molecular formula is C22H37N5O5. The van der Waals surface area contributed by atoms with Crippen LogP contribution in [0.1, 0.15) is 52.5 Å². The van der Waals surface area contributed by atoms with Gasteiger partial charge in [0.15, 0.2) is 0 Å². The number of aliphatic imine (C=N–C) groups is 1. The lowest BCUT2D eigenvalue weighted by atomic mass is 10.0. The van der Waals surface area contributed by atoms with Crippen molar-refractivity contribution in [3.8, 4) is 0 Å². The summed E-state index contributed by atoms with van der Waals surface area (Å²) in [6.45, 7) is 9.89. The van der Waals surface area contributed by atoms with Crippen molar-refractivity contribution in [3.05, 3.63) is 26.4 Å². The molecule has 0 saturated carbocycles. The first-order chi connectivity index (χ1) is 14.8. The van der Waals surface area contributed by atoms with Crippen molar-refractivity contribution in [3.63, 3.8) is 0 Å². The van der Waals surface area contributed by atoms with E-state index in [-0.39, 0.29) is 23.8 Å². The van der Waals surface area contributed by atoms with Gasteiger partial charge in [-0.2, -0.15) is 0 Å². The Morgan fingerprint density at radius 1 is 1.22 bits per heavy atom. The molecule has 0 aliphatic rings. The van der Waals surface area contributed by atoms with Gasteiger partial charge in [-0.05, 0) is 40.5 Å². The normalized spacial score (nSPS) is 12.6. The summed E-state index contributed by atoms with van der Waals surface area (Å²) in [5.74, 6) is 0.0259. The molecule has 1 aromatic heterocycles. The minimum atomic E-state index is -0.548. The van der Waals surface area contributed by atoms with Crippen molar-refractivity contribution in [2.45, 2.75) is 59.5 Å². The van der Waals surface area contributed by atoms with Crippen LogP contribution in [-0.2, 0) is 23.6 Å². The third kappa shape index (κ3) is 7.97. The number of nitrogens with zero attached hydrogens (tertiary/aromatic N) is 4. The monoisotopic (exact) mass is 451 g/mol. The maximum Gasteiger partial charge on any atom is 0.410 e. The number of rotatable bonds is 9. The third-order valence-corrected chi connectivity index (χ3v) is 4.93. The molecule has 1 unspecified atom stereocenters. The Kier molecular flexibility index (Phi) is 9.86. The molecule has 0 aliphatic carbocycles. The quantitative estimate of drug-likeness (QED) is 0.455. The molecular weight excluding hydrogens is 414 g/mol. The first-order valence-corrected chi connectivity index (χ1v) is 10.8. The molecule has 0 aromatic carbocycles. The Morgan fingerprint density at radius 3 is 2.41 bits per heavy atom. The fourth-order valence-electron chi connectivity index (χ4n) is 2.95. The fraction of sp³-hybridized carbons (Fsp3) is 0.682. The Hall–Kier alpha value is -2.91. The second kappa shape index (κ2) is 11.6. The summed E-state index contributed by atoms with van der Waals surface area (Å²) >= 11 is 0. The molecule has 10 nitrogen and oxygen atoms in total. The van der Waals surface area contributed by atoms with Gasteiger partial charge in [0.05, 0.1) is 5.56 Å². The van der Waals surface area contributed by atoms with Gasteiger partial charge in [-0.25, -0.2) is 14.6 Å². The molecule has 0 fully saturated rings. The third-order valence-electron chi connectivity index (χ3n) is 4.93. The van der Waals surface area contributed by atoms with Gasteiger partial charge in [0, 0.05) is 52.8 Å². The van der Waals surface area contributed by atoms with Crippen molar-refractivity contribution >= 4 is 24.0 Å². The van der Waals surface area contributed by atoms with Crippen LogP contribution < -0.4 is 16.6 Å². The Labute approximate surface area is 189 Å². The summed E-state index contributed by atoms with van der Waals surface area (Å²) in [7, 11) is 4.64. The largest absolute Gasteiger partial charge is 0.444 e. The highest BCUT2D eigenvalue weighted by atomic mass is 16.6. The molecule has 10 heteroatoms. The molecule has 0 bridgehead atoms. The summed E-state index contributed by atoms with van der Waals surface area (Å²) in [5, 5.41) is 2.85. The Bertz CT molecular complexity index is 918. The zero-order valence-corrected chi connectivity index (χ0v) is 20.5. The van der Waals surface area contributed by atoms with Crippen LogP contribution in [0.3, 0.4) is 0 Å². The van der Waals surface area contributed by atoms with E-state index in [1.54, 1.807) is 27.2 Å². The van der Waals surface area contributed by atoms with E-state index in [4.69, 9.17) is 4.74 Å². The highest BCUT2D eigenvalue weighted by Gasteiger charge is 2.19. The minimum Gasteiger partial charge on any atom is -0.444 e. The van der Waals surface area contributed by atoms with Gasteiger partial charge in [0.25, 0.3) is 5.56 Å². The standard InChI is InChI=1S/C22H37N5O5/c1-9-16(14-24-18-15(2)19(29)27(8)20(30)26(18)7)13-17(28)23-11-10-12-25(6)21(31)32-22(3,4)5/h14,16H,9-13H2,1-8H3,(H,23,28). The van der Waals surface area contributed by atoms with E-state index in [9.17, 15) is 19.2 Å². The summed E-state index contributed by atoms with van der Waals surface area (Å²) in [6.07, 6.45) is 2.74. The predicted molar refractivity (Wildman–Crippen MR) is 125 cm³/mol. The average Bonchev–Trinajstić information content (AvgIpc) is 2.71. The molecule has 1 rings (SSSR count). The van der Waals surface area contributed by atoms with Crippen molar-refractivity contribution in [1.82, 2.24) is 19.4 Å². The highest BCUT2D eigenvalue weighted by molar-refractivity contribution is 5.80. The van der Waals surface area contributed by atoms with Crippen LogP contribution in [0, 0.1) is 12.8 Å². The van der Waals surface area contributed by atoms with Crippen LogP contribution in [0.15, 0.2) is 14.6 Å². The number of aromatic nitrogens is 2. The molecule has 0 radical (unpaired) electrons. The van der Waals surface area contributed by atoms with Crippen LogP contribution in [0.2, 0.25) is 0 Å². The predicted octanol–water partition coefficient (Wildman–Crippen LogP) is 1.88. The number of hydrogen-bond donors (Lipinski definition) is 1. The van der Waals surface area contributed by atoms with Crippen LogP contribution in [-0.4, -0.2) is 58.0 Å². The smallest absolute Gasteiger partial charge is 0.410 e. The van der Waals surface area contributed by atoms with Crippen LogP contribution in [0.5, 0.6) is 0 Å². The molecule has 0 spiro atoms. The van der Waals surface area contributed by atoms with E-state index in [1.165, 1.54) is 16.5 Å². The maximum atomic E-state index is 12.3. The zero-order valence-electron chi connectivity index (χ0n) is 20.5. The average molecular weight is 452 g/mol. The van der Waals surface area contributed by atoms with Crippen LogP contribution >= 0.6 is 0 Å². The molecule has 32 heavy (non-hydrogen) atoms. The van der Waals surface area contributed by atoms with Crippen molar-refractivity contribution < 1.29 is 14.3 Å². The molecule has 2 amide bonds. The van der Waals surface area contributed by atoms with Gasteiger partial charge in [0.2, 0.25) is 5.91 Å². The van der Waals surface area contributed by atoms with E-state index >= 15 is 0 Å². The van der Waals surface area contributed by atoms with Crippen molar-refractivity contribution in [2.75, 3.05) is 20.1 Å². The van der Waals surface area contributed by atoms with Gasteiger partial charge < -0.3 is 15.0 Å². The SMILES string of the molecule is CCC(C=Nc1c(C)c(=O)n(C)c(=O)n1C)CC(=O)NCCCN(C)C(=O)OC(C)(C)C. The van der Waals surface area contributed by atoms with Crippen LogP contribution in [0.4, 0.5) is 10.6 Å². The van der Waals surface area contributed by atoms with E-state index in [0.29, 0.717) is 37.3 Å². The van der Waals surface area contributed by atoms with E-state index in [1.807, 2.05) is 27.7 Å². The first-order valence-electron chi connectivity index (χ1n) is 10.8. The lowest BCUT2D eigenvalue weighted by Crippen LogP contribution is -2.38.